The fraction of sp³-hybridized carbons (Fsp3) is 0.188. The summed E-state index contributed by atoms with van der Waals surface area (Å²) < 4.78 is 0. The number of halogens is 1. The van der Waals surface area contributed by atoms with Crippen LogP contribution in [0, 0.1) is 0 Å². The Labute approximate surface area is 166 Å². The first-order chi connectivity index (χ1) is 12.8. The van der Waals surface area contributed by atoms with Gasteiger partial charge in [-0.2, -0.15) is 0 Å². The number of rotatable bonds is 6. The number of aliphatic carboxylic acids is 1. The molecule has 1 aliphatic rings. The Kier molecular flexibility index (Phi) is 5.78. The Morgan fingerprint density at radius 3 is 2.63 bits per heavy atom. The van der Waals surface area contributed by atoms with E-state index in [0.717, 1.165) is 28.0 Å². The lowest BCUT2D eigenvalue weighted by Crippen LogP contribution is -2.32. The largest absolute Gasteiger partial charge is 0.481 e. The predicted octanol–water partition coefficient (Wildman–Crippen LogP) is 3.02. The average molecular weight is 426 g/mol. The molecular formula is C16H12ClN3O5S2. The van der Waals surface area contributed by atoms with Crippen LogP contribution in [-0.4, -0.2) is 38.4 Å². The quantitative estimate of drug-likeness (QED) is 0.730. The maximum absolute atomic E-state index is 12.5. The highest BCUT2D eigenvalue weighted by atomic mass is 35.5. The molecule has 0 radical (unpaired) electrons. The number of aromatic nitrogens is 1. The molecule has 1 fully saturated rings. The van der Waals surface area contributed by atoms with Gasteiger partial charge in [0.2, 0.25) is 11.8 Å². The summed E-state index contributed by atoms with van der Waals surface area (Å²) in [5.41, 5.74) is 0.723. The maximum Gasteiger partial charge on any atom is 0.309 e. The van der Waals surface area contributed by atoms with E-state index in [1.54, 1.807) is 24.3 Å². The van der Waals surface area contributed by atoms with E-state index in [0.29, 0.717) is 16.4 Å². The summed E-state index contributed by atoms with van der Waals surface area (Å²) in [5, 5.41) is 12.2. The van der Waals surface area contributed by atoms with Crippen molar-refractivity contribution in [2.45, 2.75) is 18.1 Å². The monoisotopic (exact) mass is 425 g/mol. The highest BCUT2D eigenvalue weighted by Crippen LogP contribution is 2.34. The van der Waals surface area contributed by atoms with Crippen LogP contribution >= 0.6 is 34.7 Å². The first kappa shape index (κ1) is 19.3. The molecule has 27 heavy (non-hydrogen) atoms. The molecule has 2 aromatic rings. The second kappa shape index (κ2) is 8.07. The van der Waals surface area contributed by atoms with E-state index in [1.807, 2.05) is 0 Å². The normalized spacial score (nSPS) is 16.6. The first-order valence-electron chi connectivity index (χ1n) is 7.59. The van der Waals surface area contributed by atoms with Crippen molar-refractivity contribution >= 4 is 68.5 Å². The van der Waals surface area contributed by atoms with Gasteiger partial charge in [0.05, 0.1) is 17.8 Å². The molecule has 1 saturated heterocycles. The molecule has 2 heterocycles. The van der Waals surface area contributed by atoms with Crippen LogP contribution in [0.5, 0.6) is 0 Å². The molecule has 3 amide bonds. The van der Waals surface area contributed by atoms with Crippen molar-refractivity contribution in [3.63, 3.8) is 0 Å². The lowest BCUT2D eigenvalue weighted by atomic mass is 10.2. The molecule has 0 spiro atoms. The van der Waals surface area contributed by atoms with Crippen molar-refractivity contribution in [3.05, 3.63) is 40.4 Å². The molecule has 1 aliphatic heterocycles. The molecule has 0 saturated carbocycles. The number of nitrogens with one attached hydrogen (secondary N) is 1. The van der Waals surface area contributed by atoms with Crippen LogP contribution in [-0.2, 0) is 20.8 Å². The third-order valence-corrected chi connectivity index (χ3v) is 5.60. The second-order valence-corrected chi connectivity index (χ2v) is 7.94. The van der Waals surface area contributed by atoms with Crippen LogP contribution in [0.25, 0.3) is 0 Å². The highest BCUT2D eigenvalue weighted by molar-refractivity contribution is 8.15. The third kappa shape index (κ3) is 4.65. The van der Waals surface area contributed by atoms with Crippen LogP contribution in [0.15, 0.2) is 29.6 Å². The van der Waals surface area contributed by atoms with Gasteiger partial charge in [-0.25, -0.2) is 9.88 Å². The summed E-state index contributed by atoms with van der Waals surface area (Å²) in [6, 6.07) is 6.25. The van der Waals surface area contributed by atoms with Crippen molar-refractivity contribution in [2.24, 2.45) is 0 Å². The number of hydrogen-bond donors (Lipinski definition) is 2. The summed E-state index contributed by atoms with van der Waals surface area (Å²) in [6.45, 7) is 0. The summed E-state index contributed by atoms with van der Waals surface area (Å²) in [5.74, 6) is -1.98. The van der Waals surface area contributed by atoms with Crippen LogP contribution in [0.1, 0.15) is 12.1 Å². The van der Waals surface area contributed by atoms with Crippen molar-refractivity contribution in [3.8, 4) is 0 Å². The van der Waals surface area contributed by atoms with E-state index in [2.05, 4.69) is 10.3 Å². The van der Waals surface area contributed by atoms with Gasteiger partial charge in [-0.3, -0.25) is 19.2 Å². The van der Waals surface area contributed by atoms with Crippen LogP contribution in [0.2, 0.25) is 5.02 Å². The summed E-state index contributed by atoms with van der Waals surface area (Å²) in [6.07, 6.45) is -0.443. The van der Waals surface area contributed by atoms with Gasteiger partial charge in [0.15, 0.2) is 5.13 Å². The second-order valence-electron chi connectivity index (χ2n) is 5.49. The molecule has 1 aromatic carbocycles. The number of imide groups is 1. The topological polar surface area (TPSA) is 117 Å². The Morgan fingerprint density at radius 1 is 1.26 bits per heavy atom. The number of carbonyl (C=O) groups is 4. The number of hydrogen-bond acceptors (Lipinski definition) is 7. The minimum absolute atomic E-state index is 0.201. The maximum atomic E-state index is 12.5. The Hall–Kier alpha value is -2.43. The zero-order chi connectivity index (χ0) is 19.6. The molecule has 8 nitrogen and oxygen atoms in total. The third-order valence-electron chi connectivity index (χ3n) is 3.51. The lowest BCUT2D eigenvalue weighted by Gasteiger charge is -2.13. The molecule has 140 valence electrons. The van der Waals surface area contributed by atoms with Gasteiger partial charge in [0.25, 0.3) is 5.24 Å². The van der Waals surface area contributed by atoms with Crippen molar-refractivity contribution in [2.75, 3.05) is 10.2 Å². The molecule has 1 unspecified atom stereocenters. The molecule has 1 aromatic heterocycles. The molecule has 0 aliphatic carbocycles. The predicted molar refractivity (Wildman–Crippen MR) is 102 cm³/mol. The number of amides is 3. The summed E-state index contributed by atoms with van der Waals surface area (Å²) >= 11 is 7.68. The first-order valence-corrected chi connectivity index (χ1v) is 9.73. The highest BCUT2D eigenvalue weighted by Gasteiger charge is 2.41. The van der Waals surface area contributed by atoms with E-state index < -0.39 is 28.3 Å². The molecule has 11 heteroatoms. The van der Waals surface area contributed by atoms with E-state index in [-0.39, 0.29) is 18.0 Å². The summed E-state index contributed by atoms with van der Waals surface area (Å²) in [7, 11) is 0. The number of carbonyl (C=O) groups excluding carboxylic acids is 3. The van der Waals surface area contributed by atoms with Gasteiger partial charge >= 0.3 is 5.97 Å². The molecule has 0 bridgehead atoms. The number of thioether (sulfide) groups is 1. The Morgan fingerprint density at radius 2 is 1.96 bits per heavy atom. The van der Waals surface area contributed by atoms with Gasteiger partial charge in [0, 0.05) is 16.8 Å². The molecule has 3 rings (SSSR count). The van der Waals surface area contributed by atoms with Gasteiger partial charge in [-0.15, -0.1) is 11.3 Å². The van der Waals surface area contributed by atoms with Crippen molar-refractivity contribution in [1.29, 1.82) is 0 Å². The number of anilines is 2. The summed E-state index contributed by atoms with van der Waals surface area (Å²) in [4.78, 5) is 52.5. The van der Waals surface area contributed by atoms with E-state index >= 15 is 0 Å². The number of nitrogens with zero attached hydrogens (tertiary/aromatic N) is 2. The average Bonchev–Trinajstić information content (AvgIpc) is 3.12. The van der Waals surface area contributed by atoms with Crippen LogP contribution in [0.4, 0.5) is 15.6 Å². The van der Waals surface area contributed by atoms with Crippen molar-refractivity contribution < 1.29 is 24.3 Å². The molecular weight excluding hydrogens is 414 g/mol. The standard InChI is InChI=1S/C16H12ClN3O5S2/c17-8-1-3-10(4-2-8)20-14(24)11(27-16(20)25)6-12(21)19-15-18-9(7-26-15)5-13(22)23/h1-4,7,11H,5-6H2,(H,22,23)(H,18,19,21). The van der Waals surface area contributed by atoms with Crippen LogP contribution < -0.4 is 10.2 Å². The van der Waals surface area contributed by atoms with Gasteiger partial charge < -0.3 is 10.4 Å². The molecule has 2 N–H and O–H groups in total. The number of thiazole rings is 1. The van der Waals surface area contributed by atoms with Gasteiger partial charge in [0.1, 0.15) is 5.25 Å². The van der Waals surface area contributed by atoms with E-state index in [4.69, 9.17) is 16.7 Å². The minimum atomic E-state index is -1.02. The zero-order valence-corrected chi connectivity index (χ0v) is 15.9. The minimum Gasteiger partial charge on any atom is -0.481 e. The van der Waals surface area contributed by atoms with Gasteiger partial charge in [-0.05, 0) is 36.0 Å². The van der Waals surface area contributed by atoms with E-state index in [1.165, 1.54) is 5.38 Å². The fourth-order valence-corrected chi connectivity index (χ4v) is 4.19. The Balaban J connectivity index is 1.62. The Bertz CT molecular complexity index is 915. The number of carboxylic acids is 1. The fourth-order valence-electron chi connectivity index (χ4n) is 2.35. The van der Waals surface area contributed by atoms with E-state index in [9.17, 15) is 19.2 Å². The van der Waals surface area contributed by atoms with Gasteiger partial charge in [-0.1, -0.05) is 11.6 Å². The number of benzene rings is 1. The van der Waals surface area contributed by atoms with Crippen LogP contribution in [0.3, 0.4) is 0 Å². The lowest BCUT2D eigenvalue weighted by molar-refractivity contribution is -0.136. The SMILES string of the molecule is O=C(O)Cc1csc(NC(=O)CC2SC(=O)N(c3ccc(Cl)cc3)C2=O)n1. The molecule has 1 atom stereocenters. The van der Waals surface area contributed by atoms with Crippen molar-refractivity contribution in [1.82, 2.24) is 4.98 Å². The zero-order valence-electron chi connectivity index (χ0n) is 13.5. The smallest absolute Gasteiger partial charge is 0.309 e. The number of carboxylic acid groups (broad SMARTS) is 1.